The number of nitrogens with zero attached hydrogens (tertiary/aromatic N) is 6. The van der Waals surface area contributed by atoms with Gasteiger partial charge in [-0.2, -0.15) is 10.2 Å². The average Bonchev–Trinajstić information content (AvgIpc) is 3.05. The summed E-state index contributed by atoms with van der Waals surface area (Å²) in [6.45, 7) is 2.82. The van der Waals surface area contributed by atoms with Gasteiger partial charge in [-0.25, -0.2) is 9.97 Å². The van der Waals surface area contributed by atoms with E-state index in [1.807, 2.05) is 6.07 Å². The van der Waals surface area contributed by atoms with Gasteiger partial charge in [0.15, 0.2) is 5.65 Å². The molecule has 1 saturated heterocycles. The molecule has 126 valence electrons. The molecule has 8 nitrogen and oxygen atoms in total. The minimum atomic E-state index is 0.161. The molecular formula is C17H16N6O2. The summed E-state index contributed by atoms with van der Waals surface area (Å²) in [6.07, 6.45) is 1.60. The summed E-state index contributed by atoms with van der Waals surface area (Å²) in [5.74, 6) is 0.738. The molecule has 0 bridgehead atoms. The number of phenolic OH excluding ortho intramolecular Hbond substituents is 1. The van der Waals surface area contributed by atoms with Gasteiger partial charge in [-0.15, -0.1) is 0 Å². The zero-order valence-electron chi connectivity index (χ0n) is 13.5. The van der Waals surface area contributed by atoms with Crippen LogP contribution in [-0.2, 0) is 11.3 Å². The molecule has 0 spiro atoms. The average molecular weight is 336 g/mol. The first-order valence-corrected chi connectivity index (χ1v) is 7.98. The van der Waals surface area contributed by atoms with Crippen LogP contribution >= 0.6 is 0 Å². The van der Waals surface area contributed by atoms with Crippen LogP contribution in [0.15, 0.2) is 30.6 Å². The first-order chi connectivity index (χ1) is 12.3. The van der Waals surface area contributed by atoms with Crippen LogP contribution in [0.1, 0.15) is 0 Å². The molecule has 3 aromatic rings. The highest BCUT2D eigenvalue weighted by Crippen LogP contribution is 2.29. The molecule has 1 N–H and O–H groups in total. The summed E-state index contributed by atoms with van der Waals surface area (Å²) in [7, 11) is 0. The highest BCUT2D eigenvalue weighted by molar-refractivity contribution is 5.88. The lowest BCUT2D eigenvalue weighted by Crippen LogP contribution is -2.37. The van der Waals surface area contributed by atoms with E-state index in [2.05, 4.69) is 20.9 Å². The smallest absolute Gasteiger partial charge is 0.228 e. The minimum absolute atomic E-state index is 0.161. The van der Waals surface area contributed by atoms with E-state index in [1.165, 1.54) is 0 Å². The second-order valence-electron chi connectivity index (χ2n) is 5.72. The molecule has 1 aromatic carbocycles. The third-order valence-corrected chi connectivity index (χ3v) is 4.11. The third-order valence-electron chi connectivity index (χ3n) is 4.11. The number of aromatic hydroxyl groups is 1. The van der Waals surface area contributed by atoms with E-state index in [0.29, 0.717) is 49.1 Å². The van der Waals surface area contributed by atoms with E-state index in [9.17, 15) is 5.11 Å². The Balaban J connectivity index is 1.91. The summed E-state index contributed by atoms with van der Waals surface area (Å²) < 4.78 is 7.10. The molecule has 3 heterocycles. The monoisotopic (exact) mass is 336 g/mol. The highest BCUT2D eigenvalue weighted by Gasteiger charge is 2.20. The van der Waals surface area contributed by atoms with Crippen molar-refractivity contribution < 1.29 is 9.84 Å². The molecule has 8 heteroatoms. The molecule has 0 radical (unpaired) electrons. The predicted molar refractivity (Wildman–Crippen MR) is 91.1 cm³/mol. The second-order valence-corrected chi connectivity index (χ2v) is 5.72. The van der Waals surface area contributed by atoms with E-state index in [0.717, 1.165) is 5.56 Å². The lowest BCUT2D eigenvalue weighted by atomic mass is 10.1. The maximum Gasteiger partial charge on any atom is 0.228 e. The number of phenols is 1. The molecule has 1 aliphatic heterocycles. The number of benzene rings is 1. The van der Waals surface area contributed by atoms with Crippen LogP contribution in [0.2, 0.25) is 0 Å². The number of fused-ring (bicyclic) bond motifs is 1. The topological polar surface area (TPSA) is 100 Å². The van der Waals surface area contributed by atoms with Crippen LogP contribution in [0, 0.1) is 11.3 Å². The van der Waals surface area contributed by atoms with Gasteiger partial charge in [-0.05, 0) is 12.1 Å². The maximum absolute atomic E-state index is 9.81. The Morgan fingerprint density at radius 2 is 2.08 bits per heavy atom. The third kappa shape index (κ3) is 2.86. The van der Waals surface area contributed by atoms with Crippen molar-refractivity contribution in [3.8, 4) is 23.1 Å². The number of aromatic nitrogens is 4. The lowest BCUT2D eigenvalue weighted by molar-refractivity contribution is 0.122. The standard InChI is InChI=1S/C17H16N6O2/c18-4-5-23-11-19-15-14(12-2-1-3-13(24)10-12)20-17(21-16(15)23)22-6-8-25-9-7-22/h1-3,10-11,24H,5-9H2. The summed E-state index contributed by atoms with van der Waals surface area (Å²) in [6, 6.07) is 9.01. The molecule has 0 aliphatic carbocycles. The Hall–Kier alpha value is -3.18. The number of hydrogen-bond donors (Lipinski definition) is 1. The first-order valence-electron chi connectivity index (χ1n) is 7.98. The normalized spacial score (nSPS) is 14.6. The van der Waals surface area contributed by atoms with E-state index < -0.39 is 0 Å². The number of morpholine rings is 1. The first kappa shape index (κ1) is 15.4. The van der Waals surface area contributed by atoms with E-state index in [1.54, 1.807) is 29.1 Å². The minimum Gasteiger partial charge on any atom is -0.508 e. The summed E-state index contributed by atoms with van der Waals surface area (Å²) >= 11 is 0. The number of ether oxygens (including phenoxy) is 1. The number of imidazole rings is 1. The van der Waals surface area contributed by atoms with Gasteiger partial charge in [0, 0.05) is 18.7 Å². The van der Waals surface area contributed by atoms with Crippen molar-refractivity contribution in [1.82, 2.24) is 19.5 Å². The van der Waals surface area contributed by atoms with Crippen LogP contribution in [0.5, 0.6) is 5.75 Å². The van der Waals surface area contributed by atoms with Gasteiger partial charge in [0.1, 0.15) is 23.5 Å². The van der Waals surface area contributed by atoms with Crippen LogP contribution in [0.3, 0.4) is 0 Å². The van der Waals surface area contributed by atoms with Gasteiger partial charge in [0.25, 0.3) is 0 Å². The number of nitriles is 1. The number of hydrogen-bond acceptors (Lipinski definition) is 7. The van der Waals surface area contributed by atoms with Crippen LogP contribution in [0.25, 0.3) is 22.4 Å². The van der Waals surface area contributed by atoms with E-state index >= 15 is 0 Å². The molecule has 0 amide bonds. The fourth-order valence-electron chi connectivity index (χ4n) is 2.88. The Morgan fingerprint density at radius 1 is 1.24 bits per heavy atom. The Morgan fingerprint density at radius 3 is 2.84 bits per heavy atom. The van der Waals surface area contributed by atoms with Crippen molar-refractivity contribution in [2.75, 3.05) is 31.2 Å². The molecule has 4 rings (SSSR count). The predicted octanol–water partition coefficient (Wildman–Crippen LogP) is 1.56. The molecule has 25 heavy (non-hydrogen) atoms. The molecular weight excluding hydrogens is 320 g/mol. The van der Waals surface area contributed by atoms with Gasteiger partial charge in [0.2, 0.25) is 5.95 Å². The van der Waals surface area contributed by atoms with Crippen LogP contribution in [0.4, 0.5) is 5.95 Å². The zero-order chi connectivity index (χ0) is 17.2. The van der Waals surface area contributed by atoms with Crippen molar-refractivity contribution in [3.63, 3.8) is 0 Å². The summed E-state index contributed by atoms with van der Waals surface area (Å²) in [4.78, 5) is 15.8. The Labute approximate surface area is 143 Å². The maximum atomic E-state index is 9.81. The van der Waals surface area contributed by atoms with Gasteiger partial charge in [-0.1, -0.05) is 12.1 Å². The Kier molecular flexibility index (Phi) is 3.91. The van der Waals surface area contributed by atoms with Crippen molar-refractivity contribution in [1.29, 1.82) is 5.26 Å². The van der Waals surface area contributed by atoms with Gasteiger partial charge >= 0.3 is 0 Å². The molecule has 0 atom stereocenters. The summed E-state index contributed by atoms with van der Waals surface area (Å²) in [5, 5.41) is 18.9. The SMILES string of the molecule is N#CCn1cnc2c(-c3cccc(O)c3)nc(N3CCOCC3)nc21. The van der Waals surface area contributed by atoms with E-state index in [4.69, 9.17) is 15.0 Å². The number of rotatable bonds is 3. The van der Waals surface area contributed by atoms with Crippen molar-refractivity contribution in [2.45, 2.75) is 6.54 Å². The highest BCUT2D eigenvalue weighted by atomic mass is 16.5. The second kappa shape index (κ2) is 6.37. The van der Waals surface area contributed by atoms with Gasteiger partial charge in [-0.3, -0.25) is 0 Å². The largest absolute Gasteiger partial charge is 0.508 e. The quantitative estimate of drug-likeness (QED) is 0.774. The Bertz CT molecular complexity index is 955. The van der Waals surface area contributed by atoms with Crippen LogP contribution in [-0.4, -0.2) is 50.9 Å². The van der Waals surface area contributed by atoms with Crippen molar-refractivity contribution >= 4 is 17.1 Å². The zero-order valence-corrected chi connectivity index (χ0v) is 13.5. The van der Waals surface area contributed by atoms with Gasteiger partial charge < -0.3 is 19.3 Å². The molecule has 0 saturated carbocycles. The number of anilines is 1. The van der Waals surface area contributed by atoms with Crippen molar-refractivity contribution in [3.05, 3.63) is 30.6 Å². The molecule has 1 aliphatic rings. The fraction of sp³-hybridized carbons (Fsp3) is 0.294. The fourth-order valence-corrected chi connectivity index (χ4v) is 2.88. The summed E-state index contributed by atoms with van der Waals surface area (Å²) in [5.41, 5.74) is 2.61. The van der Waals surface area contributed by atoms with Gasteiger partial charge in [0.05, 0.1) is 25.6 Å². The molecule has 0 unspecified atom stereocenters. The van der Waals surface area contributed by atoms with Crippen molar-refractivity contribution in [2.24, 2.45) is 0 Å². The van der Waals surface area contributed by atoms with E-state index in [-0.39, 0.29) is 12.3 Å². The molecule has 1 fully saturated rings. The van der Waals surface area contributed by atoms with Crippen LogP contribution < -0.4 is 4.90 Å². The lowest BCUT2D eigenvalue weighted by Gasteiger charge is -2.27. The molecule has 2 aromatic heterocycles.